The molecule has 0 saturated heterocycles. The number of anilines is 1. The van der Waals surface area contributed by atoms with Gasteiger partial charge in [-0.25, -0.2) is 0 Å². The molecule has 4 aromatic rings. The summed E-state index contributed by atoms with van der Waals surface area (Å²) in [6.07, 6.45) is -2.04. The molecule has 0 unspecified atom stereocenters. The lowest BCUT2D eigenvalue weighted by molar-refractivity contribution is -0.181. The van der Waals surface area contributed by atoms with Gasteiger partial charge in [-0.2, -0.15) is 21.6 Å². The second-order valence-electron chi connectivity index (χ2n) is 9.48. The average molecular weight is 596 g/mol. The Bertz CT molecular complexity index is 1630. The molecular weight excluding hydrogens is 567 g/mol. The Morgan fingerprint density at radius 1 is 1.00 bits per heavy atom. The molecule has 41 heavy (non-hydrogen) atoms. The van der Waals surface area contributed by atoms with Crippen molar-refractivity contribution in [2.75, 3.05) is 25.8 Å². The molecule has 2 aromatic heterocycles. The van der Waals surface area contributed by atoms with Crippen LogP contribution in [0.4, 0.5) is 19.1 Å². The first-order valence-electron chi connectivity index (χ1n) is 11.9. The molecule has 0 aliphatic carbocycles. The minimum atomic E-state index is -4.51. The molecule has 0 spiro atoms. The molecule has 2 aromatic carbocycles. The molecule has 0 aliphatic heterocycles. The molecule has 0 fully saturated rings. The predicted molar refractivity (Wildman–Crippen MR) is 146 cm³/mol. The number of carbonyl (C=O) groups is 1. The summed E-state index contributed by atoms with van der Waals surface area (Å²) in [7, 11) is -0.530. The van der Waals surface area contributed by atoms with Crippen molar-refractivity contribution in [1.82, 2.24) is 10.1 Å². The number of benzene rings is 2. The molecule has 2 N–H and O–H groups in total. The van der Waals surface area contributed by atoms with Crippen molar-refractivity contribution in [2.24, 2.45) is 0 Å². The Morgan fingerprint density at radius 3 is 2.15 bits per heavy atom. The fraction of sp³-hybridized carbons (Fsp3) is 0.296. The number of halogens is 3. The van der Waals surface area contributed by atoms with E-state index in [0.29, 0.717) is 23.3 Å². The summed E-state index contributed by atoms with van der Waals surface area (Å²) in [4.78, 5) is 16.9. The molecule has 2 heterocycles. The van der Waals surface area contributed by atoms with Gasteiger partial charge in [-0.3, -0.25) is 19.6 Å². The van der Waals surface area contributed by atoms with Gasteiger partial charge in [0.05, 0.1) is 32.4 Å². The van der Waals surface area contributed by atoms with Crippen LogP contribution in [0.5, 0.6) is 11.5 Å². The lowest BCUT2D eigenvalue weighted by atomic mass is 9.89. The fourth-order valence-corrected chi connectivity index (χ4v) is 3.57. The van der Waals surface area contributed by atoms with Crippen molar-refractivity contribution < 1.29 is 44.9 Å². The minimum Gasteiger partial charge on any atom is -0.493 e. The quantitative estimate of drug-likeness (QED) is 0.268. The number of rotatable bonds is 7. The highest BCUT2D eigenvalue weighted by Crippen LogP contribution is 2.40. The monoisotopic (exact) mass is 595 g/mol. The van der Waals surface area contributed by atoms with Crippen molar-refractivity contribution in [3.8, 4) is 22.6 Å². The van der Waals surface area contributed by atoms with Crippen molar-refractivity contribution in [1.29, 1.82) is 0 Å². The number of carbonyl (C=O) groups excluding carboxylic acids is 1. The lowest BCUT2D eigenvalue weighted by Gasteiger charge is -2.24. The van der Waals surface area contributed by atoms with Crippen LogP contribution in [0.3, 0.4) is 0 Å². The summed E-state index contributed by atoms with van der Waals surface area (Å²) >= 11 is 0. The van der Waals surface area contributed by atoms with E-state index in [1.807, 2.05) is 24.3 Å². The Labute approximate surface area is 234 Å². The number of nitrogens with one attached hydrogen (secondary N) is 1. The van der Waals surface area contributed by atoms with Gasteiger partial charge in [0.15, 0.2) is 11.5 Å². The summed E-state index contributed by atoms with van der Waals surface area (Å²) in [5.74, 6) is 0.617. The number of nitrogens with zero attached hydrogens (tertiary/aromatic N) is 2. The van der Waals surface area contributed by atoms with Gasteiger partial charge in [0, 0.05) is 29.3 Å². The van der Waals surface area contributed by atoms with E-state index in [0.717, 1.165) is 41.9 Å². The highest BCUT2D eigenvalue weighted by molar-refractivity contribution is 7.85. The van der Waals surface area contributed by atoms with E-state index in [2.05, 4.69) is 15.5 Å². The van der Waals surface area contributed by atoms with Crippen molar-refractivity contribution in [3.05, 3.63) is 66.0 Å². The van der Waals surface area contributed by atoms with Gasteiger partial charge in [0.2, 0.25) is 11.8 Å². The topological polar surface area (TPSA) is 141 Å². The van der Waals surface area contributed by atoms with E-state index in [1.54, 1.807) is 38.6 Å². The standard InChI is InChI=1S/C26H24F3N3O4.CH4O3S/c1-25(2,26(27,28)29)22-13-24(36-32-22)31-23(33)9-15-5-7-16(8-6-15)18-10-17-11-20(34-3)21(35-4)12-19(17)30-14-18;1-5(2,3)4/h5-8,10-14H,9H2,1-4H3,(H,31,33);1H3,(H,2,3,4). The third-order valence-electron chi connectivity index (χ3n) is 5.96. The van der Waals surface area contributed by atoms with E-state index in [9.17, 15) is 26.4 Å². The van der Waals surface area contributed by atoms with Gasteiger partial charge >= 0.3 is 6.18 Å². The van der Waals surface area contributed by atoms with E-state index < -0.39 is 27.6 Å². The highest BCUT2D eigenvalue weighted by Gasteiger charge is 2.50. The predicted octanol–water partition coefficient (Wildman–Crippen LogP) is 5.43. The number of fused-ring (bicyclic) bond motifs is 1. The molecule has 0 aliphatic rings. The summed E-state index contributed by atoms with van der Waals surface area (Å²) in [5.41, 5.74) is 0.745. The summed E-state index contributed by atoms with van der Waals surface area (Å²) in [6.45, 7) is 1.99. The summed E-state index contributed by atoms with van der Waals surface area (Å²) in [5, 5.41) is 6.81. The smallest absolute Gasteiger partial charge is 0.399 e. The molecule has 1 amide bonds. The van der Waals surface area contributed by atoms with E-state index >= 15 is 0 Å². The van der Waals surface area contributed by atoms with E-state index in [-0.39, 0.29) is 18.0 Å². The number of pyridine rings is 1. The maximum Gasteiger partial charge on any atom is 0.399 e. The number of hydrogen-bond donors (Lipinski definition) is 2. The Morgan fingerprint density at radius 2 is 1.59 bits per heavy atom. The van der Waals surface area contributed by atoms with Crippen LogP contribution in [0.15, 0.2) is 59.3 Å². The zero-order chi connectivity index (χ0) is 30.6. The highest BCUT2D eigenvalue weighted by atomic mass is 32.2. The third kappa shape index (κ3) is 8.17. The van der Waals surface area contributed by atoms with Gasteiger partial charge in [0.25, 0.3) is 10.1 Å². The summed E-state index contributed by atoms with van der Waals surface area (Å²) < 4.78 is 81.0. The van der Waals surface area contributed by atoms with Crippen LogP contribution in [-0.4, -0.2) is 55.7 Å². The molecule has 0 bridgehead atoms. The molecule has 10 nitrogen and oxygen atoms in total. The van der Waals surface area contributed by atoms with Gasteiger partial charge in [-0.15, -0.1) is 0 Å². The van der Waals surface area contributed by atoms with Gasteiger partial charge in [-0.05, 0) is 37.1 Å². The first-order valence-corrected chi connectivity index (χ1v) is 13.7. The first kappa shape index (κ1) is 31.4. The van der Waals surface area contributed by atoms with Crippen molar-refractivity contribution in [3.63, 3.8) is 0 Å². The molecule has 0 saturated carbocycles. The second-order valence-corrected chi connectivity index (χ2v) is 10.9. The van der Waals surface area contributed by atoms with Crippen molar-refractivity contribution in [2.45, 2.75) is 31.9 Å². The van der Waals surface area contributed by atoms with E-state index in [1.165, 1.54) is 0 Å². The fourth-order valence-electron chi connectivity index (χ4n) is 3.57. The van der Waals surface area contributed by atoms with Gasteiger partial charge in [-0.1, -0.05) is 29.4 Å². The molecular formula is C27H28F3N3O7S. The van der Waals surface area contributed by atoms with Crippen LogP contribution in [0, 0.1) is 0 Å². The van der Waals surface area contributed by atoms with Crippen LogP contribution in [0.1, 0.15) is 25.1 Å². The maximum atomic E-state index is 13.2. The Balaban J connectivity index is 0.000000850. The Hall–Kier alpha value is -4.17. The largest absolute Gasteiger partial charge is 0.493 e. The number of alkyl halides is 3. The molecule has 4 rings (SSSR count). The van der Waals surface area contributed by atoms with Crippen LogP contribution in [0.25, 0.3) is 22.0 Å². The molecule has 0 atom stereocenters. The Kier molecular flexibility index (Phi) is 9.29. The molecule has 220 valence electrons. The number of ether oxygens (including phenoxy) is 2. The average Bonchev–Trinajstić information content (AvgIpc) is 3.35. The second kappa shape index (κ2) is 12.1. The van der Waals surface area contributed by atoms with Gasteiger partial charge < -0.3 is 14.0 Å². The molecule has 0 radical (unpaired) electrons. The van der Waals surface area contributed by atoms with Gasteiger partial charge in [0.1, 0.15) is 11.1 Å². The lowest BCUT2D eigenvalue weighted by Crippen LogP contribution is -2.36. The summed E-state index contributed by atoms with van der Waals surface area (Å²) in [6, 6.07) is 14.1. The zero-order valence-electron chi connectivity index (χ0n) is 22.7. The normalized spacial score (nSPS) is 11.9. The SMILES string of the molecule is COc1cc2cc(-c3ccc(CC(=O)Nc4cc(C(C)(C)C(F)(F)F)no4)cc3)cnc2cc1OC.CS(=O)(=O)O. The van der Waals surface area contributed by atoms with Crippen LogP contribution in [0.2, 0.25) is 0 Å². The third-order valence-corrected chi connectivity index (χ3v) is 5.96. The van der Waals surface area contributed by atoms with Crippen LogP contribution >= 0.6 is 0 Å². The number of aromatic nitrogens is 2. The number of amides is 1. The number of hydrogen-bond acceptors (Lipinski definition) is 8. The first-order chi connectivity index (χ1) is 19.0. The van der Waals surface area contributed by atoms with E-state index in [4.69, 9.17) is 18.5 Å². The molecule has 14 heteroatoms. The zero-order valence-corrected chi connectivity index (χ0v) is 23.6. The van der Waals surface area contributed by atoms with Crippen LogP contribution < -0.4 is 14.8 Å². The van der Waals surface area contributed by atoms with Crippen LogP contribution in [-0.2, 0) is 26.7 Å². The van der Waals surface area contributed by atoms with Crippen molar-refractivity contribution >= 4 is 32.8 Å². The minimum absolute atomic E-state index is 0.00589. The number of methoxy groups -OCH3 is 2. The maximum absolute atomic E-state index is 13.2.